The number of carbonyl (C=O) groups is 2. The van der Waals surface area contributed by atoms with E-state index in [0.717, 1.165) is 22.5 Å². The third-order valence-corrected chi connectivity index (χ3v) is 3.78. The van der Waals surface area contributed by atoms with Crippen molar-refractivity contribution in [3.8, 4) is 0 Å². The molecule has 0 aliphatic rings. The molecule has 0 radical (unpaired) electrons. The van der Waals surface area contributed by atoms with Crippen LogP contribution in [0, 0.1) is 17.5 Å². The first kappa shape index (κ1) is 17.5. The summed E-state index contributed by atoms with van der Waals surface area (Å²) >= 11 is 0. The molecule has 0 atom stereocenters. The first-order valence-corrected chi connectivity index (χ1v) is 7.70. The van der Waals surface area contributed by atoms with Gasteiger partial charge in [-0.1, -0.05) is 18.2 Å². The van der Waals surface area contributed by atoms with E-state index in [1.54, 1.807) is 6.20 Å². The number of aromatic nitrogens is 1. The number of anilines is 1. The minimum Gasteiger partial charge on any atom is -0.361 e. The second-order valence-electron chi connectivity index (χ2n) is 5.58. The van der Waals surface area contributed by atoms with Crippen molar-refractivity contribution in [1.82, 2.24) is 10.3 Å². The van der Waals surface area contributed by atoms with E-state index in [0.29, 0.717) is 6.07 Å². The lowest BCUT2D eigenvalue weighted by molar-refractivity contribution is -0.123. The Kier molecular flexibility index (Phi) is 4.92. The van der Waals surface area contributed by atoms with Gasteiger partial charge in [0.25, 0.3) is 0 Å². The standard InChI is InChI=1S/C18H14F3N3O2/c19-12-5-6-14(18(21)17(12)20)24-16(26)9-23-15(25)7-10-8-22-13-4-2-1-3-11(10)13/h1-6,8,22H,7,9H2,(H,23,25)(H,24,26). The molecule has 3 N–H and O–H groups in total. The van der Waals surface area contributed by atoms with Gasteiger partial charge < -0.3 is 15.6 Å². The number of hydrogen-bond acceptors (Lipinski definition) is 2. The third-order valence-electron chi connectivity index (χ3n) is 3.78. The van der Waals surface area contributed by atoms with E-state index >= 15 is 0 Å². The molecular weight excluding hydrogens is 347 g/mol. The molecule has 0 fully saturated rings. The summed E-state index contributed by atoms with van der Waals surface area (Å²) in [7, 11) is 0. The van der Waals surface area contributed by atoms with Gasteiger partial charge in [0.15, 0.2) is 17.5 Å². The average molecular weight is 361 g/mol. The molecule has 26 heavy (non-hydrogen) atoms. The van der Waals surface area contributed by atoms with Crippen LogP contribution in [0.25, 0.3) is 10.9 Å². The van der Waals surface area contributed by atoms with Crippen LogP contribution in [-0.4, -0.2) is 23.3 Å². The van der Waals surface area contributed by atoms with Gasteiger partial charge in [-0.15, -0.1) is 0 Å². The SMILES string of the molecule is O=C(Cc1c[nH]c2ccccc12)NCC(=O)Nc1ccc(F)c(F)c1F. The Hall–Kier alpha value is -3.29. The Morgan fingerprint density at radius 3 is 2.54 bits per heavy atom. The van der Waals surface area contributed by atoms with E-state index in [4.69, 9.17) is 0 Å². The molecule has 1 heterocycles. The van der Waals surface area contributed by atoms with E-state index in [-0.39, 0.29) is 6.42 Å². The molecule has 0 unspecified atom stereocenters. The minimum atomic E-state index is -1.67. The molecule has 2 amide bonds. The fourth-order valence-corrected chi connectivity index (χ4v) is 2.51. The highest BCUT2D eigenvalue weighted by atomic mass is 19.2. The molecule has 0 aliphatic carbocycles. The van der Waals surface area contributed by atoms with Crippen LogP contribution in [0.15, 0.2) is 42.6 Å². The van der Waals surface area contributed by atoms with Crippen molar-refractivity contribution in [1.29, 1.82) is 0 Å². The normalized spacial score (nSPS) is 10.7. The summed E-state index contributed by atoms with van der Waals surface area (Å²) in [5, 5.41) is 5.38. The molecule has 8 heteroatoms. The van der Waals surface area contributed by atoms with Crippen LogP contribution < -0.4 is 10.6 Å². The first-order chi connectivity index (χ1) is 12.5. The van der Waals surface area contributed by atoms with Crippen molar-refractivity contribution in [3.63, 3.8) is 0 Å². The maximum Gasteiger partial charge on any atom is 0.243 e. The van der Waals surface area contributed by atoms with Gasteiger partial charge >= 0.3 is 0 Å². The number of H-pyrrole nitrogens is 1. The summed E-state index contributed by atoms with van der Waals surface area (Å²) in [4.78, 5) is 26.8. The van der Waals surface area contributed by atoms with Gasteiger partial charge in [0, 0.05) is 17.1 Å². The lowest BCUT2D eigenvalue weighted by Gasteiger charge is -2.08. The monoisotopic (exact) mass is 361 g/mol. The largest absolute Gasteiger partial charge is 0.361 e. The van der Waals surface area contributed by atoms with Crippen LogP contribution in [0.2, 0.25) is 0 Å². The zero-order valence-electron chi connectivity index (χ0n) is 13.4. The second-order valence-corrected chi connectivity index (χ2v) is 5.58. The third kappa shape index (κ3) is 3.69. The van der Waals surface area contributed by atoms with Crippen LogP contribution >= 0.6 is 0 Å². The van der Waals surface area contributed by atoms with Gasteiger partial charge in [-0.25, -0.2) is 13.2 Å². The Labute approximate surface area is 146 Å². The highest BCUT2D eigenvalue weighted by Gasteiger charge is 2.16. The molecule has 0 saturated carbocycles. The lowest BCUT2D eigenvalue weighted by atomic mass is 10.1. The van der Waals surface area contributed by atoms with Crippen LogP contribution in [0.1, 0.15) is 5.56 Å². The number of nitrogens with one attached hydrogen (secondary N) is 3. The molecule has 0 saturated heterocycles. The molecule has 5 nitrogen and oxygen atoms in total. The van der Waals surface area contributed by atoms with E-state index < -0.39 is 41.5 Å². The number of rotatable bonds is 5. The fourth-order valence-electron chi connectivity index (χ4n) is 2.51. The van der Waals surface area contributed by atoms with Gasteiger partial charge in [-0.3, -0.25) is 9.59 Å². The molecule has 3 aromatic rings. The Morgan fingerprint density at radius 1 is 0.962 bits per heavy atom. The summed E-state index contributed by atoms with van der Waals surface area (Å²) in [5.41, 5.74) is 1.16. The van der Waals surface area contributed by atoms with Gasteiger partial charge in [0.2, 0.25) is 11.8 Å². The predicted octanol–water partition coefficient (Wildman–Crippen LogP) is 2.88. The molecular formula is C18H14F3N3O2. The Bertz CT molecular complexity index is 985. The van der Waals surface area contributed by atoms with Crippen molar-refractivity contribution in [2.75, 3.05) is 11.9 Å². The van der Waals surface area contributed by atoms with Crippen LogP contribution in [0.4, 0.5) is 18.9 Å². The molecule has 1 aromatic heterocycles. The first-order valence-electron chi connectivity index (χ1n) is 7.70. The fraction of sp³-hybridized carbons (Fsp3) is 0.111. The van der Waals surface area contributed by atoms with Crippen LogP contribution in [0.5, 0.6) is 0 Å². The van der Waals surface area contributed by atoms with Crippen LogP contribution in [-0.2, 0) is 16.0 Å². The number of aromatic amines is 1. The zero-order chi connectivity index (χ0) is 18.7. The maximum atomic E-state index is 13.5. The summed E-state index contributed by atoms with van der Waals surface area (Å²) in [5.74, 6) is -5.69. The van der Waals surface area contributed by atoms with Gasteiger partial charge in [-0.05, 0) is 23.8 Å². The van der Waals surface area contributed by atoms with Gasteiger partial charge in [-0.2, -0.15) is 0 Å². The smallest absolute Gasteiger partial charge is 0.243 e. The number of halogens is 3. The van der Waals surface area contributed by atoms with Gasteiger partial charge in [0.05, 0.1) is 18.7 Å². The zero-order valence-corrected chi connectivity index (χ0v) is 13.4. The maximum absolute atomic E-state index is 13.5. The summed E-state index contributed by atoms with van der Waals surface area (Å²) in [6.45, 7) is -0.431. The van der Waals surface area contributed by atoms with E-state index in [1.807, 2.05) is 24.3 Å². The van der Waals surface area contributed by atoms with E-state index in [1.165, 1.54) is 0 Å². The Morgan fingerprint density at radius 2 is 1.73 bits per heavy atom. The Balaban J connectivity index is 1.56. The molecule has 0 aliphatic heterocycles. The van der Waals surface area contributed by atoms with Gasteiger partial charge in [0.1, 0.15) is 0 Å². The highest BCUT2D eigenvalue weighted by molar-refractivity contribution is 5.95. The molecule has 3 rings (SSSR count). The molecule has 2 aromatic carbocycles. The van der Waals surface area contributed by atoms with E-state index in [2.05, 4.69) is 15.6 Å². The number of para-hydroxylation sites is 1. The van der Waals surface area contributed by atoms with Crippen molar-refractivity contribution >= 4 is 28.4 Å². The summed E-state index contributed by atoms with van der Waals surface area (Å²) in [6.07, 6.45) is 1.76. The van der Waals surface area contributed by atoms with Crippen LogP contribution in [0.3, 0.4) is 0 Å². The number of benzene rings is 2. The quantitative estimate of drug-likeness (QED) is 0.612. The number of fused-ring (bicyclic) bond motifs is 1. The van der Waals surface area contributed by atoms with Crippen molar-refractivity contribution in [2.24, 2.45) is 0 Å². The van der Waals surface area contributed by atoms with Crippen molar-refractivity contribution < 1.29 is 22.8 Å². The van der Waals surface area contributed by atoms with Crippen molar-refractivity contribution in [3.05, 3.63) is 65.6 Å². The highest BCUT2D eigenvalue weighted by Crippen LogP contribution is 2.19. The second kappa shape index (κ2) is 7.30. The topological polar surface area (TPSA) is 74.0 Å². The number of hydrogen-bond donors (Lipinski definition) is 3. The van der Waals surface area contributed by atoms with E-state index in [9.17, 15) is 22.8 Å². The minimum absolute atomic E-state index is 0.0524. The van der Waals surface area contributed by atoms with Crippen molar-refractivity contribution in [2.45, 2.75) is 6.42 Å². The molecule has 0 spiro atoms. The number of carbonyl (C=O) groups excluding carboxylic acids is 2. The molecule has 134 valence electrons. The number of amides is 2. The summed E-state index contributed by atoms with van der Waals surface area (Å²) in [6, 6.07) is 9.06. The summed E-state index contributed by atoms with van der Waals surface area (Å²) < 4.78 is 39.5. The lowest BCUT2D eigenvalue weighted by Crippen LogP contribution is -2.34. The predicted molar refractivity (Wildman–Crippen MR) is 90.0 cm³/mol. The average Bonchev–Trinajstić information content (AvgIpc) is 3.03. The molecule has 0 bridgehead atoms.